The van der Waals surface area contributed by atoms with Crippen molar-refractivity contribution in [3.05, 3.63) is 55.0 Å². The van der Waals surface area contributed by atoms with Gasteiger partial charge in [0.15, 0.2) is 0 Å². The number of carbonyl (C=O) groups excluding carboxylic acids is 1. The molecule has 0 aliphatic carbocycles. The second-order valence-electron chi connectivity index (χ2n) is 4.71. The standard InChI is InChI=1S/C16H17N5O/c1-3-5-13(4-2)16(22)21-8-6-20(7-9-21)15-10-14(11-17)18-12-19-15/h3-5,10,12H,1-2,6-9H2/b13-5+. The topological polar surface area (TPSA) is 73.1 Å². The second kappa shape index (κ2) is 7.18. The van der Waals surface area contributed by atoms with Gasteiger partial charge in [-0.1, -0.05) is 31.4 Å². The number of piperazine rings is 1. The number of nitrogens with zero attached hydrogens (tertiary/aromatic N) is 5. The van der Waals surface area contributed by atoms with E-state index in [0.29, 0.717) is 43.3 Å². The van der Waals surface area contributed by atoms with Crippen LogP contribution in [0.3, 0.4) is 0 Å². The lowest BCUT2D eigenvalue weighted by Gasteiger charge is -2.35. The third kappa shape index (κ3) is 3.38. The van der Waals surface area contributed by atoms with Crippen LogP contribution in [0.5, 0.6) is 0 Å². The Labute approximate surface area is 129 Å². The van der Waals surface area contributed by atoms with E-state index in [4.69, 9.17) is 5.26 Å². The molecule has 1 amide bonds. The fraction of sp³-hybridized carbons (Fsp3) is 0.250. The van der Waals surface area contributed by atoms with Crippen LogP contribution >= 0.6 is 0 Å². The quantitative estimate of drug-likeness (QED) is 0.618. The Kier molecular flexibility index (Phi) is 5.04. The molecule has 0 atom stereocenters. The smallest absolute Gasteiger partial charge is 0.253 e. The minimum absolute atomic E-state index is 0.0463. The van der Waals surface area contributed by atoms with Crippen molar-refractivity contribution in [2.45, 2.75) is 0 Å². The fourth-order valence-corrected chi connectivity index (χ4v) is 2.26. The van der Waals surface area contributed by atoms with Gasteiger partial charge in [-0.05, 0) is 0 Å². The molecule has 22 heavy (non-hydrogen) atoms. The van der Waals surface area contributed by atoms with Gasteiger partial charge < -0.3 is 9.80 Å². The minimum Gasteiger partial charge on any atom is -0.353 e. The summed E-state index contributed by atoms with van der Waals surface area (Å²) in [7, 11) is 0. The van der Waals surface area contributed by atoms with Crippen molar-refractivity contribution in [1.29, 1.82) is 5.26 Å². The predicted molar refractivity (Wildman–Crippen MR) is 84.0 cm³/mol. The monoisotopic (exact) mass is 295 g/mol. The molecule has 1 saturated heterocycles. The predicted octanol–water partition coefficient (Wildman–Crippen LogP) is 1.30. The number of hydrogen-bond donors (Lipinski definition) is 0. The van der Waals surface area contributed by atoms with Crippen LogP contribution in [0, 0.1) is 11.3 Å². The summed E-state index contributed by atoms with van der Waals surface area (Å²) in [6.07, 6.45) is 6.16. The van der Waals surface area contributed by atoms with Crippen LogP contribution in [0.4, 0.5) is 5.82 Å². The molecule has 0 N–H and O–H groups in total. The first-order valence-corrected chi connectivity index (χ1v) is 6.91. The molecule has 1 aliphatic rings. The first kappa shape index (κ1) is 15.4. The molecule has 2 rings (SSSR count). The van der Waals surface area contributed by atoms with Gasteiger partial charge in [0.1, 0.15) is 23.9 Å². The molecule has 0 aromatic carbocycles. The molecule has 0 saturated carbocycles. The summed E-state index contributed by atoms with van der Waals surface area (Å²) in [6.45, 7) is 9.75. The zero-order chi connectivity index (χ0) is 15.9. The van der Waals surface area contributed by atoms with Gasteiger partial charge in [-0.2, -0.15) is 5.26 Å². The van der Waals surface area contributed by atoms with Crippen LogP contribution in [0.2, 0.25) is 0 Å². The van der Waals surface area contributed by atoms with Gasteiger partial charge in [0.2, 0.25) is 0 Å². The highest BCUT2D eigenvalue weighted by molar-refractivity contribution is 5.96. The van der Waals surface area contributed by atoms with E-state index in [1.807, 2.05) is 11.0 Å². The van der Waals surface area contributed by atoms with Crippen molar-refractivity contribution in [3.8, 4) is 6.07 Å². The van der Waals surface area contributed by atoms with Gasteiger partial charge >= 0.3 is 0 Å². The number of allylic oxidation sites excluding steroid dienone is 2. The van der Waals surface area contributed by atoms with Crippen molar-refractivity contribution in [1.82, 2.24) is 14.9 Å². The van der Waals surface area contributed by atoms with E-state index in [1.165, 1.54) is 6.33 Å². The van der Waals surface area contributed by atoms with Gasteiger partial charge in [-0.15, -0.1) is 0 Å². The SMILES string of the molecule is C=C/C=C(\C=C)C(=O)N1CCN(c2cc(C#N)ncn2)CC1. The van der Waals surface area contributed by atoms with Gasteiger partial charge in [0.25, 0.3) is 5.91 Å². The minimum atomic E-state index is -0.0463. The molecule has 112 valence electrons. The fourth-order valence-electron chi connectivity index (χ4n) is 2.26. The van der Waals surface area contributed by atoms with Gasteiger partial charge in [0.05, 0.1) is 0 Å². The number of aromatic nitrogens is 2. The third-order valence-corrected chi connectivity index (χ3v) is 3.42. The van der Waals surface area contributed by atoms with E-state index in [0.717, 1.165) is 0 Å². The van der Waals surface area contributed by atoms with E-state index in [2.05, 4.69) is 23.1 Å². The lowest BCUT2D eigenvalue weighted by Crippen LogP contribution is -2.49. The molecule has 1 aromatic heterocycles. The molecule has 2 heterocycles. The molecule has 1 aromatic rings. The summed E-state index contributed by atoms with van der Waals surface area (Å²) >= 11 is 0. The summed E-state index contributed by atoms with van der Waals surface area (Å²) in [5.74, 6) is 0.666. The van der Waals surface area contributed by atoms with Crippen LogP contribution in [0.1, 0.15) is 5.69 Å². The Morgan fingerprint density at radius 3 is 2.59 bits per heavy atom. The second-order valence-corrected chi connectivity index (χ2v) is 4.71. The Bertz CT molecular complexity index is 651. The van der Waals surface area contributed by atoms with Crippen LogP contribution in [-0.4, -0.2) is 47.0 Å². The van der Waals surface area contributed by atoms with Gasteiger partial charge in [-0.25, -0.2) is 9.97 Å². The molecule has 0 radical (unpaired) electrons. The molecule has 1 aliphatic heterocycles. The van der Waals surface area contributed by atoms with Crippen molar-refractivity contribution < 1.29 is 4.79 Å². The molecular formula is C16H17N5O. The van der Waals surface area contributed by atoms with Crippen LogP contribution < -0.4 is 4.90 Å². The zero-order valence-electron chi connectivity index (χ0n) is 12.3. The maximum Gasteiger partial charge on any atom is 0.253 e. The maximum atomic E-state index is 12.3. The molecular weight excluding hydrogens is 278 g/mol. The molecule has 1 fully saturated rings. The Morgan fingerprint density at radius 1 is 1.27 bits per heavy atom. The number of amides is 1. The van der Waals surface area contributed by atoms with Crippen LogP contribution in [0.15, 0.2) is 49.4 Å². The normalized spacial score (nSPS) is 15.1. The molecule has 6 heteroatoms. The Hall–Kier alpha value is -2.94. The number of nitriles is 1. The van der Waals surface area contributed by atoms with Crippen molar-refractivity contribution in [2.24, 2.45) is 0 Å². The molecule has 0 bridgehead atoms. The Morgan fingerprint density at radius 2 is 2.00 bits per heavy atom. The molecule has 0 spiro atoms. The average Bonchev–Trinajstić information content (AvgIpc) is 2.59. The van der Waals surface area contributed by atoms with E-state index < -0.39 is 0 Å². The summed E-state index contributed by atoms with van der Waals surface area (Å²) < 4.78 is 0. The summed E-state index contributed by atoms with van der Waals surface area (Å²) in [6, 6.07) is 3.66. The number of anilines is 1. The number of hydrogen-bond acceptors (Lipinski definition) is 5. The van der Waals surface area contributed by atoms with Gasteiger partial charge in [0, 0.05) is 37.8 Å². The number of rotatable bonds is 4. The van der Waals surface area contributed by atoms with Crippen molar-refractivity contribution >= 4 is 11.7 Å². The highest BCUT2D eigenvalue weighted by atomic mass is 16.2. The maximum absolute atomic E-state index is 12.3. The van der Waals surface area contributed by atoms with Crippen molar-refractivity contribution in [3.63, 3.8) is 0 Å². The summed E-state index contributed by atoms with van der Waals surface area (Å²) in [4.78, 5) is 24.2. The molecule has 0 unspecified atom stereocenters. The van der Waals surface area contributed by atoms with Gasteiger partial charge in [-0.3, -0.25) is 4.79 Å². The third-order valence-electron chi connectivity index (χ3n) is 3.42. The van der Waals surface area contributed by atoms with E-state index in [9.17, 15) is 4.79 Å². The lowest BCUT2D eigenvalue weighted by molar-refractivity contribution is -0.127. The Balaban J connectivity index is 2.02. The zero-order valence-corrected chi connectivity index (χ0v) is 12.3. The first-order chi connectivity index (χ1) is 10.7. The van der Waals surface area contributed by atoms with Crippen molar-refractivity contribution in [2.75, 3.05) is 31.1 Å². The van der Waals surface area contributed by atoms with Crippen LogP contribution in [0.25, 0.3) is 0 Å². The highest BCUT2D eigenvalue weighted by Gasteiger charge is 2.23. The highest BCUT2D eigenvalue weighted by Crippen LogP contribution is 2.15. The first-order valence-electron chi connectivity index (χ1n) is 6.91. The number of carbonyl (C=O) groups is 1. The van der Waals surface area contributed by atoms with E-state index in [1.54, 1.807) is 29.2 Å². The lowest BCUT2D eigenvalue weighted by atomic mass is 10.2. The van der Waals surface area contributed by atoms with E-state index >= 15 is 0 Å². The van der Waals surface area contributed by atoms with E-state index in [-0.39, 0.29) is 5.91 Å². The van der Waals surface area contributed by atoms with Crippen LogP contribution in [-0.2, 0) is 4.79 Å². The average molecular weight is 295 g/mol. The summed E-state index contributed by atoms with van der Waals surface area (Å²) in [5, 5.41) is 8.88. The summed E-state index contributed by atoms with van der Waals surface area (Å²) in [5.41, 5.74) is 0.878. The largest absolute Gasteiger partial charge is 0.353 e. The molecule has 6 nitrogen and oxygen atoms in total.